The number of carbonyl (C=O) groups is 3. The summed E-state index contributed by atoms with van der Waals surface area (Å²) in [5.41, 5.74) is -0.0582. The quantitative estimate of drug-likeness (QED) is 0.450. The molecule has 4 rings (SSSR count). The number of likely N-dealkylation sites (tertiary alicyclic amines) is 1. The Labute approximate surface area is 201 Å². The van der Waals surface area contributed by atoms with Gasteiger partial charge in [-0.05, 0) is 30.7 Å². The minimum Gasteiger partial charge on any atom is -0.394 e. The highest BCUT2D eigenvalue weighted by Crippen LogP contribution is 2.59. The van der Waals surface area contributed by atoms with Crippen molar-refractivity contribution in [2.24, 2.45) is 17.8 Å². The number of unbranched alkanes of at least 4 members (excludes halogenated alkanes) is 1. The lowest BCUT2D eigenvalue weighted by molar-refractivity contribution is -0.146. The lowest BCUT2D eigenvalue weighted by Gasteiger charge is -2.38. The number of fused-ring (bicyclic) bond motifs is 1. The molecule has 1 aromatic carbocycles. The SMILES string of the molecule is CCCCNC(=O)C1N([C@@H](CO)C(C)C)C(=O)[C@@H]2[C@H](C(=O)NCc3ccccc3)[C@@H]3CCC12O3. The number of ether oxygens (including phenoxy) is 1. The third kappa shape index (κ3) is 4.11. The fourth-order valence-electron chi connectivity index (χ4n) is 6.06. The van der Waals surface area contributed by atoms with Crippen LogP contribution in [0.4, 0.5) is 0 Å². The summed E-state index contributed by atoms with van der Waals surface area (Å²) < 4.78 is 6.42. The summed E-state index contributed by atoms with van der Waals surface area (Å²) in [4.78, 5) is 42.2. The number of nitrogens with zero attached hydrogens (tertiary/aromatic N) is 1. The maximum absolute atomic E-state index is 13.9. The molecule has 0 aliphatic carbocycles. The van der Waals surface area contributed by atoms with E-state index in [1.54, 1.807) is 0 Å². The van der Waals surface area contributed by atoms with Gasteiger partial charge in [-0.15, -0.1) is 0 Å². The molecule has 0 radical (unpaired) electrons. The van der Waals surface area contributed by atoms with Crippen LogP contribution < -0.4 is 10.6 Å². The van der Waals surface area contributed by atoms with E-state index in [4.69, 9.17) is 4.74 Å². The first-order valence-electron chi connectivity index (χ1n) is 12.6. The Morgan fingerprint density at radius 3 is 2.59 bits per heavy atom. The van der Waals surface area contributed by atoms with Crippen molar-refractivity contribution in [1.29, 1.82) is 0 Å². The van der Waals surface area contributed by atoms with Gasteiger partial charge in [0, 0.05) is 13.1 Å². The van der Waals surface area contributed by atoms with Crippen LogP contribution in [-0.2, 0) is 25.7 Å². The van der Waals surface area contributed by atoms with Crippen molar-refractivity contribution in [3.8, 4) is 0 Å². The largest absolute Gasteiger partial charge is 0.394 e. The Bertz CT molecular complexity index is 907. The van der Waals surface area contributed by atoms with Crippen LogP contribution >= 0.6 is 0 Å². The minimum atomic E-state index is -1.03. The number of benzene rings is 1. The molecule has 34 heavy (non-hydrogen) atoms. The number of aliphatic hydroxyl groups is 1. The van der Waals surface area contributed by atoms with E-state index in [0.717, 1.165) is 18.4 Å². The number of carbonyl (C=O) groups excluding carboxylic acids is 3. The second-order valence-electron chi connectivity index (χ2n) is 10.1. The van der Waals surface area contributed by atoms with Gasteiger partial charge in [-0.25, -0.2) is 0 Å². The van der Waals surface area contributed by atoms with Crippen molar-refractivity contribution < 1.29 is 24.2 Å². The summed E-state index contributed by atoms with van der Waals surface area (Å²) in [5, 5.41) is 16.1. The van der Waals surface area contributed by atoms with Crippen LogP contribution in [0.5, 0.6) is 0 Å². The van der Waals surface area contributed by atoms with E-state index in [0.29, 0.717) is 25.9 Å². The Morgan fingerprint density at radius 2 is 1.94 bits per heavy atom. The molecule has 0 aromatic heterocycles. The molecule has 3 saturated heterocycles. The summed E-state index contributed by atoms with van der Waals surface area (Å²) in [5.74, 6) is -2.16. The smallest absolute Gasteiger partial charge is 0.245 e. The first-order chi connectivity index (χ1) is 16.4. The van der Waals surface area contributed by atoms with Gasteiger partial charge < -0.3 is 25.4 Å². The molecule has 3 fully saturated rings. The predicted octanol–water partition coefficient (Wildman–Crippen LogP) is 1.61. The number of hydrogen-bond donors (Lipinski definition) is 3. The van der Waals surface area contributed by atoms with Crippen LogP contribution in [0.25, 0.3) is 0 Å². The van der Waals surface area contributed by atoms with Crippen LogP contribution in [0.15, 0.2) is 30.3 Å². The van der Waals surface area contributed by atoms with Crippen molar-refractivity contribution in [3.05, 3.63) is 35.9 Å². The van der Waals surface area contributed by atoms with Gasteiger partial charge in [0.05, 0.1) is 30.6 Å². The number of rotatable bonds is 10. The molecule has 3 aliphatic rings. The van der Waals surface area contributed by atoms with E-state index in [9.17, 15) is 19.5 Å². The van der Waals surface area contributed by atoms with E-state index in [1.165, 1.54) is 4.90 Å². The first-order valence-corrected chi connectivity index (χ1v) is 12.6. The van der Waals surface area contributed by atoms with Crippen molar-refractivity contribution in [2.45, 2.75) is 76.8 Å². The molecule has 1 aromatic rings. The van der Waals surface area contributed by atoms with Crippen LogP contribution in [0.2, 0.25) is 0 Å². The number of amides is 3. The molecule has 3 amide bonds. The van der Waals surface area contributed by atoms with Crippen LogP contribution in [-0.4, -0.2) is 64.7 Å². The zero-order valence-corrected chi connectivity index (χ0v) is 20.3. The van der Waals surface area contributed by atoms with Gasteiger partial charge in [-0.3, -0.25) is 14.4 Å². The van der Waals surface area contributed by atoms with Gasteiger partial charge in [0.15, 0.2) is 0 Å². The average Bonchev–Trinajstić information content (AvgIpc) is 3.46. The molecule has 1 spiro atoms. The lowest BCUT2D eigenvalue weighted by Crippen LogP contribution is -2.59. The molecule has 3 heterocycles. The second-order valence-corrected chi connectivity index (χ2v) is 10.1. The summed E-state index contributed by atoms with van der Waals surface area (Å²) >= 11 is 0. The number of hydrogen-bond acceptors (Lipinski definition) is 5. The Balaban J connectivity index is 1.63. The molecule has 3 aliphatic heterocycles. The zero-order valence-electron chi connectivity index (χ0n) is 20.3. The van der Waals surface area contributed by atoms with E-state index in [1.807, 2.05) is 51.1 Å². The molecule has 3 N–H and O–H groups in total. The van der Waals surface area contributed by atoms with Gasteiger partial charge in [-0.2, -0.15) is 0 Å². The van der Waals surface area contributed by atoms with E-state index in [-0.39, 0.29) is 36.4 Å². The minimum absolute atomic E-state index is 0.0577. The van der Waals surface area contributed by atoms with Crippen LogP contribution in [0, 0.1) is 17.8 Å². The lowest BCUT2D eigenvalue weighted by atomic mass is 9.70. The Hall–Kier alpha value is -2.45. The van der Waals surface area contributed by atoms with Gasteiger partial charge in [0.25, 0.3) is 0 Å². The van der Waals surface area contributed by atoms with Crippen molar-refractivity contribution >= 4 is 17.7 Å². The molecule has 2 bridgehead atoms. The highest BCUT2D eigenvalue weighted by molar-refractivity contribution is 5.99. The molecule has 0 saturated carbocycles. The molecule has 2 unspecified atom stereocenters. The maximum Gasteiger partial charge on any atom is 0.245 e. The normalized spacial score (nSPS) is 30.5. The molecule has 186 valence electrons. The predicted molar refractivity (Wildman–Crippen MR) is 126 cm³/mol. The van der Waals surface area contributed by atoms with Gasteiger partial charge in [0.1, 0.15) is 11.6 Å². The van der Waals surface area contributed by atoms with Crippen molar-refractivity contribution in [2.75, 3.05) is 13.2 Å². The third-order valence-electron chi connectivity index (χ3n) is 7.74. The monoisotopic (exact) mass is 471 g/mol. The first kappa shape index (κ1) is 24.7. The standard InChI is InChI=1S/C26H37N3O5/c1-4-5-13-27-24(32)22-26-12-11-19(34-26)20(23(31)28-14-17-9-7-6-8-10-17)21(26)25(33)29(22)18(15-30)16(2)3/h6-10,16,18-22,30H,4-5,11-15H2,1-3H3,(H,27,32)(H,28,31)/t18-,19-,20+,21-,22?,26?/m0/s1. The molecule has 6 atom stereocenters. The maximum atomic E-state index is 13.9. The third-order valence-corrected chi connectivity index (χ3v) is 7.74. The summed E-state index contributed by atoms with van der Waals surface area (Å²) in [6, 6.07) is 8.25. The van der Waals surface area contributed by atoms with E-state index in [2.05, 4.69) is 10.6 Å². The van der Waals surface area contributed by atoms with Gasteiger partial charge in [0.2, 0.25) is 17.7 Å². The van der Waals surface area contributed by atoms with Crippen LogP contribution in [0.1, 0.15) is 52.0 Å². The fraction of sp³-hybridized carbons (Fsp3) is 0.654. The molecule has 8 nitrogen and oxygen atoms in total. The topological polar surface area (TPSA) is 108 Å². The summed E-state index contributed by atoms with van der Waals surface area (Å²) in [6.07, 6.45) is 2.57. The number of aliphatic hydroxyl groups excluding tert-OH is 1. The van der Waals surface area contributed by atoms with Gasteiger partial charge in [-0.1, -0.05) is 57.5 Å². The van der Waals surface area contributed by atoms with Crippen molar-refractivity contribution in [3.63, 3.8) is 0 Å². The summed E-state index contributed by atoms with van der Waals surface area (Å²) in [6.45, 7) is 6.53. The number of nitrogens with one attached hydrogen (secondary N) is 2. The second kappa shape index (κ2) is 10.0. The highest BCUT2D eigenvalue weighted by atomic mass is 16.5. The molecular formula is C26H37N3O5. The molecule has 8 heteroatoms. The Kier molecular flexibility index (Phi) is 7.28. The van der Waals surface area contributed by atoms with Crippen LogP contribution in [0.3, 0.4) is 0 Å². The summed E-state index contributed by atoms with van der Waals surface area (Å²) in [7, 11) is 0. The van der Waals surface area contributed by atoms with E-state index < -0.39 is 29.5 Å². The highest BCUT2D eigenvalue weighted by Gasteiger charge is 2.75. The van der Waals surface area contributed by atoms with Crippen molar-refractivity contribution in [1.82, 2.24) is 15.5 Å². The fourth-order valence-corrected chi connectivity index (χ4v) is 6.06. The molecular weight excluding hydrogens is 434 g/mol. The average molecular weight is 472 g/mol. The van der Waals surface area contributed by atoms with Gasteiger partial charge >= 0.3 is 0 Å². The zero-order chi connectivity index (χ0) is 24.5. The van der Waals surface area contributed by atoms with E-state index >= 15 is 0 Å². The Morgan fingerprint density at radius 1 is 1.21 bits per heavy atom.